The van der Waals surface area contributed by atoms with E-state index in [1.54, 1.807) is 0 Å². The molecule has 1 N–H and O–H groups in total. The molecule has 1 amide bonds. The van der Waals surface area contributed by atoms with Crippen LogP contribution in [0.2, 0.25) is 5.02 Å². The highest BCUT2D eigenvalue weighted by atomic mass is 35.5. The van der Waals surface area contributed by atoms with Crippen molar-refractivity contribution >= 4 is 17.5 Å². The van der Waals surface area contributed by atoms with E-state index < -0.39 is 18.7 Å². The number of nitrogens with one attached hydrogen (secondary N) is 1. The molecule has 0 bridgehead atoms. The van der Waals surface area contributed by atoms with E-state index in [4.69, 9.17) is 11.6 Å². The van der Waals surface area contributed by atoms with Crippen LogP contribution < -0.4 is 10.1 Å². The second-order valence-corrected chi connectivity index (χ2v) is 7.86. The van der Waals surface area contributed by atoms with Crippen LogP contribution in [0.3, 0.4) is 0 Å². The molecular weight excluding hydrogens is 433 g/mol. The van der Waals surface area contributed by atoms with Crippen LogP contribution in [-0.2, 0) is 0 Å². The number of carbonyl (C=O) groups is 1. The fourth-order valence-electron chi connectivity index (χ4n) is 3.26. The molecule has 2 aromatic rings. The molecule has 0 saturated carbocycles. The maximum Gasteiger partial charge on any atom is 0.422 e. The number of amides is 1. The molecule has 1 unspecified atom stereocenters. The van der Waals surface area contributed by atoms with E-state index in [2.05, 4.69) is 31.9 Å². The third-order valence-electron chi connectivity index (χ3n) is 4.99. The molecule has 1 atom stereocenters. The van der Waals surface area contributed by atoms with Crippen LogP contribution in [0.5, 0.6) is 5.88 Å². The molecule has 1 aromatic carbocycles. The molecule has 6 nitrogen and oxygen atoms in total. The molecule has 1 aliphatic heterocycles. The van der Waals surface area contributed by atoms with Crippen LogP contribution in [0.4, 0.5) is 13.2 Å². The van der Waals surface area contributed by atoms with Gasteiger partial charge >= 0.3 is 6.18 Å². The van der Waals surface area contributed by atoms with Crippen LogP contribution in [0.15, 0.2) is 42.6 Å². The molecule has 1 saturated heterocycles. The Kier molecular flexibility index (Phi) is 7.74. The standard InChI is InChI=1S/C21H24ClF3N4O2/c1-28-7-9-29(10-8-28)13-18(15-5-3-2-4-6-15)27-19(30)16-11-17(22)20(26-12-16)31-14-21(23,24)25/h2-6,11-12,18H,7-10,13-14H2,1H3,(H,27,30). The zero-order valence-electron chi connectivity index (χ0n) is 17.0. The predicted octanol–water partition coefficient (Wildman–Crippen LogP) is 3.39. The summed E-state index contributed by atoms with van der Waals surface area (Å²) in [5, 5.41) is 2.84. The Labute approximate surface area is 183 Å². The van der Waals surface area contributed by atoms with Crippen LogP contribution in [0, 0.1) is 0 Å². The summed E-state index contributed by atoms with van der Waals surface area (Å²) in [7, 11) is 2.08. The fraction of sp³-hybridized carbons (Fsp3) is 0.429. The maximum absolute atomic E-state index is 12.8. The molecule has 31 heavy (non-hydrogen) atoms. The van der Waals surface area contributed by atoms with Crippen molar-refractivity contribution in [1.82, 2.24) is 20.1 Å². The molecule has 10 heteroatoms. The molecule has 3 rings (SSSR count). The van der Waals surface area contributed by atoms with E-state index >= 15 is 0 Å². The fourth-order valence-corrected chi connectivity index (χ4v) is 3.48. The summed E-state index contributed by atoms with van der Waals surface area (Å²) in [6, 6.07) is 10.6. The van der Waals surface area contributed by atoms with Gasteiger partial charge in [0.25, 0.3) is 5.91 Å². The largest absolute Gasteiger partial charge is 0.467 e. The van der Waals surface area contributed by atoms with Crippen molar-refractivity contribution in [2.75, 3.05) is 46.4 Å². The molecule has 0 aliphatic carbocycles. The summed E-state index contributed by atoms with van der Waals surface area (Å²) < 4.78 is 41.6. The summed E-state index contributed by atoms with van der Waals surface area (Å²) >= 11 is 5.98. The molecular formula is C21H24ClF3N4O2. The van der Waals surface area contributed by atoms with Crippen molar-refractivity contribution in [2.24, 2.45) is 0 Å². The first kappa shape index (κ1) is 23.3. The van der Waals surface area contributed by atoms with Gasteiger partial charge in [-0.15, -0.1) is 0 Å². The van der Waals surface area contributed by atoms with Crippen LogP contribution >= 0.6 is 11.6 Å². The highest BCUT2D eigenvalue weighted by molar-refractivity contribution is 6.32. The highest BCUT2D eigenvalue weighted by Crippen LogP contribution is 2.25. The molecule has 2 heterocycles. The van der Waals surface area contributed by atoms with Gasteiger partial charge in [0.1, 0.15) is 5.02 Å². The second kappa shape index (κ2) is 10.3. The zero-order chi connectivity index (χ0) is 22.4. The van der Waals surface area contributed by atoms with Gasteiger partial charge in [-0.25, -0.2) is 4.98 Å². The number of alkyl halides is 3. The van der Waals surface area contributed by atoms with Gasteiger partial charge in [-0.1, -0.05) is 41.9 Å². The average molecular weight is 457 g/mol. The first-order chi connectivity index (χ1) is 14.7. The Hall–Kier alpha value is -2.36. The molecule has 0 radical (unpaired) electrons. The Morgan fingerprint density at radius 3 is 2.52 bits per heavy atom. The number of aromatic nitrogens is 1. The first-order valence-corrected chi connectivity index (χ1v) is 10.2. The number of nitrogens with zero attached hydrogens (tertiary/aromatic N) is 3. The lowest BCUT2D eigenvalue weighted by atomic mass is 10.1. The number of hydrogen-bond acceptors (Lipinski definition) is 5. The lowest BCUT2D eigenvalue weighted by molar-refractivity contribution is -0.154. The molecule has 0 spiro atoms. The van der Waals surface area contributed by atoms with E-state index in [-0.39, 0.29) is 22.5 Å². The zero-order valence-corrected chi connectivity index (χ0v) is 17.8. The molecule has 168 valence electrons. The SMILES string of the molecule is CN1CCN(CC(NC(=O)c2cnc(OCC(F)(F)F)c(Cl)c2)c2ccccc2)CC1. The quantitative estimate of drug-likeness (QED) is 0.692. The molecule has 1 aromatic heterocycles. The third-order valence-corrected chi connectivity index (χ3v) is 5.26. The van der Waals surface area contributed by atoms with Gasteiger partial charge in [0.2, 0.25) is 5.88 Å². The predicted molar refractivity (Wildman–Crippen MR) is 111 cm³/mol. The number of ether oxygens (including phenoxy) is 1. The summed E-state index contributed by atoms with van der Waals surface area (Å²) in [6.45, 7) is 2.83. The summed E-state index contributed by atoms with van der Waals surface area (Å²) in [4.78, 5) is 21.2. The number of benzene rings is 1. The topological polar surface area (TPSA) is 57.7 Å². The number of carbonyl (C=O) groups excluding carboxylic acids is 1. The van der Waals surface area contributed by atoms with Gasteiger partial charge in [-0.05, 0) is 18.7 Å². The van der Waals surface area contributed by atoms with Gasteiger partial charge in [0.05, 0.1) is 11.6 Å². The Bertz CT molecular complexity index is 875. The first-order valence-electron chi connectivity index (χ1n) is 9.83. The van der Waals surface area contributed by atoms with E-state index in [1.807, 2.05) is 30.3 Å². The number of pyridine rings is 1. The van der Waals surface area contributed by atoms with Crippen LogP contribution in [0.1, 0.15) is 22.0 Å². The van der Waals surface area contributed by atoms with Gasteiger partial charge in [0.15, 0.2) is 6.61 Å². The highest BCUT2D eigenvalue weighted by Gasteiger charge is 2.29. The van der Waals surface area contributed by atoms with Gasteiger partial charge in [-0.3, -0.25) is 9.69 Å². The monoisotopic (exact) mass is 456 g/mol. The smallest absolute Gasteiger partial charge is 0.422 e. The number of likely N-dealkylation sites (N-methyl/N-ethyl adjacent to an activating group) is 1. The van der Waals surface area contributed by atoms with E-state index in [9.17, 15) is 18.0 Å². The summed E-state index contributed by atoms with van der Waals surface area (Å²) in [5.41, 5.74) is 1.10. The number of halogens is 4. The van der Waals surface area contributed by atoms with Crippen LogP contribution in [0.25, 0.3) is 0 Å². The van der Waals surface area contributed by atoms with Crippen molar-refractivity contribution in [1.29, 1.82) is 0 Å². The Balaban J connectivity index is 1.70. The molecule has 1 aliphatic rings. The van der Waals surface area contributed by atoms with Crippen molar-refractivity contribution < 1.29 is 22.7 Å². The minimum absolute atomic E-state index is 0.142. The van der Waals surface area contributed by atoms with Gasteiger partial charge in [0, 0.05) is 38.9 Å². The second-order valence-electron chi connectivity index (χ2n) is 7.46. The summed E-state index contributed by atoms with van der Waals surface area (Å²) in [6.07, 6.45) is -3.35. The van der Waals surface area contributed by atoms with Gasteiger partial charge in [-0.2, -0.15) is 13.2 Å². The van der Waals surface area contributed by atoms with E-state index in [1.165, 1.54) is 6.07 Å². The van der Waals surface area contributed by atoms with Crippen molar-refractivity contribution in [2.45, 2.75) is 12.2 Å². The van der Waals surface area contributed by atoms with E-state index in [0.717, 1.165) is 37.9 Å². The van der Waals surface area contributed by atoms with Crippen LogP contribution in [-0.4, -0.2) is 73.2 Å². The maximum atomic E-state index is 12.8. The minimum atomic E-state index is -4.51. The van der Waals surface area contributed by atoms with E-state index in [0.29, 0.717) is 6.54 Å². The number of rotatable bonds is 7. The van der Waals surface area contributed by atoms with Crippen molar-refractivity contribution in [3.63, 3.8) is 0 Å². The lowest BCUT2D eigenvalue weighted by Crippen LogP contribution is -2.47. The van der Waals surface area contributed by atoms with Crippen molar-refractivity contribution in [3.05, 3.63) is 58.7 Å². The minimum Gasteiger partial charge on any atom is -0.467 e. The molecule has 1 fully saturated rings. The third kappa shape index (κ3) is 7.09. The van der Waals surface area contributed by atoms with Crippen molar-refractivity contribution in [3.8, 4) is 5.88 Å². The number of piperazine rings is 1. The average Bonchev–Trinajstić information content (AvgIpc) is 2.74. The Morgan fingerprint density at radius 1 is 1.23 bits per heavy atom. The Morgan fingerprint density at radius 2 is 1.90 bits per heavy atom. The lowest BCUT2D eigenvalue weighted by Gasteiger charge is -2.35. The summed E-state index contributed by atoms with van der Waals surface area (Å²) in [5.74, 6) is -0.785. The van der Waals surface area contributed by atoms with Gasteiger partial charge < -0.3 is 15.0 Å². The number of hydrogen-bond donors (Lipinski definition) is 1. The normalized spacial score (nSPS) is 16.7.